The van der Waals surface area contributed by atoms with E-state index in [1.54, 1.807) is 30.5 Å². The molecule has 0 spiro atoms. The molecule has 0 aliphatic carbocycles. The molecule has 1 atom stereocenters. The van der Waals surface area contributed by atoms with E-state index in [1.165, 1.54) is 33.2 Å². The fourth-order valence-corrected chi connectivity index (χ4v) is 5.62. The maximum absolute atomic E-state index is 13.5. The monoisotopic (exact) mass is 494 g/mol. The van der Waals surface area contributed by atoms with Gasteiger partial charge in [0.15, 0.2) is 0 Å². The molecule has 0 saturated carbocycles. The van der Waals surface area contributed by atoms with E-state index in [0.29, 0.717) is 32.2 Å². The number of carbonyl (C=O) groups excluding carboxylic acids is 1. The first-order valence-corrected chi connectivity index (χ1v) is 12.4. The fourth-order valence-electron chi connectivity index (χ4n) is 4.38. The number of thiocarbonyl (C=S) groups is 1. The zero-order valence-electron chi connectivity index (χ0n) is 18.6. The smallest absolute Gasteiger partial charge is 0.267 e. The lowest BCUT2D eigenvalue weighted by atomic mass is 10.00. The van der Waals surface area contributed by atoms with Gasteiger partial charge in [-0.05, 0) is 54.7 Å². The first-order chi connectivity index (χ1) is 16.4. The number of nitrogens with zero attached hydrogens (tertiary/aromatic N) is 4. The van der Waals surface area contributed by atoms with E-state index in [2.05, 4.69) is 11.8 Å². The predicted molar refractivity (Wildman–Crippen MR) is 137 cm³/mol. The SMILES string of the molecule is CC1CCCN(c2nc3ccccn3c(=O)c2/C=C2/SC(=S)N(Cc3ccc(F)cc3)C2=O)C1. The van der Waals surface area contributed by atoms with Gasteiger partial charge < -0.3 is 4.90 Å². The normalized spacial score (nSPS) is 20.1. The Bertz CT molecular complexity index is 1370. The summed E-state index contributed by atoms with van der Waals surface area (Å²) < 4.78 is 15.2. The van der Waals surface area contributed by atoms with Gasteiger partial charge in [-0.2, -0.15) is 0 Å². The standard InChI is InChI=1S/C25H23FN4O2S2/c1-16-5-4-11-28(14-16)22-19(23(31)29-12-3-2-6-21(29)27-22)13-20-24(32)30(25(33)34-20)15-17-7-9-18(26)10-8-17/h2-3,6-10,12-13,16H,4-5,11,14-15H2,1H3/b20-13+. The van der Waals surface area contributed by atoms with Gasteiger partial charge in [0.2, 0.25) is 0 Å². The van der Waals surface area contributed by atoms with Crippen LogP contribution >= 0.6 is 24.0 Å². The summed E-state index contributed by atoms with van der Waals surface area (Å²) in [5, 5.41) is 0. The van der Waals surface area contributed by atoms with Gasteiger partial charge in [-0.3, -0.25) is 18.9 Å². The molecule has 0 radical (unpaired) electrons. The number of carbonyl (C=O) groups is 1. The molecule has 174 valence electrons. The molecule has 9 heteroatoms. The van der Waals surface area contributed by atoms with Crippen LogP contribution in [0, 0.1) is 11.7 Å². The van der Waals surface area contributed by atoms with Crippen molar-refractivity contribution >= 4 is 51.7 Å². The van der Waals surface area contributed by atoms with Gasteiger partial charge in [0.05, 0.1) is 17.0 Å². The Kier molecular flexibility index (Phi) is 6.22. The zero-order valence-corrected chi connectivity index (χ0v) is 20.2. The van der Waals surface area contributed by atoms with E-state index in [9.17, 15) is 14.0 Å². The van der Waals surface area contributed by atoms with Crippen LogP contribution in [0.2, 0.25) is 0 Å². The summed E-state index contributed by atoms with van der Waals surface area (Å²) in [5.41, 5.74) is 1.51. The van der Waals surface area contributed by atoms with Crippen molar-refractivity contribution in [2.75, 3.05) is 18.0 Å². The molecule has 4 heterocycles. The van der Waals surface area contributed by atoms with Crippen molar-refractivity contribution in [1.29, 1.82) is 0 Å². The number of aromatic nitrogens is 2. The number of amides is 1. The number of rotatable bonds is 4. The molecule has 1 aromatic carbocycles. The molecule has 3 aromatic rings. The average molecular weight is 495 g/mol. The highest BCUT2D eigenvalue weighted by atomic mass is 32.2. The lowest BCUT2D eigenvalue weighted by Crippen LogP contribution is -2.37. The van der Waals surface area contributed by atoms with Crippen molar-refractivity contribution in [3.63, 3.8) is 0 Å². The molecule has 2 aliphatic rings. The second-order valence-electron chi connectivity index (χ2n) is 8.67. The molecule has 1 unspecified atom stereocenters. The van der Waals surface area contributed by atoms with E-state index in [4.69, 9.17) is 17.2 Å². The second kappa shape index (κ2) is 9.31. The number of fused-ring (bicyclic) bond motifs is 1. The molecule has 6 nitrogen and oxygen atoms in total. The number of thioether (sulfide) groups is 1. The highest BCUT2D eigenvalue weighted by molar-refractivity contribution is 8.26. The number of benzene rings is 1. The topological polar surface area (TPSA) is 57.9 Å². The Balaban J connectivity index is 1.55. The highest BCUT2D eigenvalue weighted by Crippen LogP contribution is 2.35. The van der Waals surface area contributed by atoms with Crippen LogP contribution in [-0.4, -0.2) is 37.6 Å². The zero-order chi connectivity index (χ0) is 23.8. The molecule has 2 aliphatic heterocycles. The lowest BCUT2D eigenvalue weighted by Gasteiger charge is -2.32. The van der Waals surface area contributed by atoms with Crippen molar-refractivity contribution in [1.82, 2.24) is 14.3 Å². The number of hydrogen-bond acceptors (Lipinski definition) is 6. The molecule has 1 amide bonds. The Morgan fingerprint density at radius 3 is 2.76 bits per heavy atom. The van der Waals surface area contributed by atoms with Gasteiger partial charge in [0.1, 0.15) is 21.6 Å². The van der Waals surface area contributed by atoms with Crippen molar-refractivity contribution < 1.29 is 9.18 Å². The summed E-state index contributed by atoms with van der Waals surface area (Å²) in [7, 11) is 0. The van der Waals surface area contributed by atoms with E-state index in [0.717, 1.165) is 31.5 Å². The summed E-state index contributed by atoms with van der Waals surface area (Å²) in [6, 6.07) is 11.4. The van der Waals surface area contributed by atoms with Crippen LogP contribution in [0.3, 0.4) is 0 Å². The molecular weight excluding hydrogens is 471 g/mol. The molecule has 5 rings (SSSR count). The van der Waals surface area contributed by atoms with Crippen molar-refractivity contribution in [2.45, 2.75) is 26.3 Å². The van der Waals surface area contributed by atoms with Gasteiger partial charge in [0.25, 0.3) is 11.5 Å². The van der Waals surface area contributed by atoms with Crippen LogP contribution in [0.5, 0.6) is 0 Å². The number of pyridine rings is 1. The van der Waals surface area contributed by atoms with E-state index >= 15 is 0 Å². The summed E-state index contributed by atoms with van der Waals surface area (Å²) in [4.78, 5) is 35.6. The first-order valence-electron chi connectivity index (χ1n) is 11.2. The minimum atomic E-state index is -0.335. The van der Waals surface area contributed by atoms with Gasteiger partial charge in [0, 0.05) is 19.3 Å². The van der Waals surface area contributed by atoms with Crippen LogP contribution in [0.1, 0.15) is 30.9 Å². The Morgan fingerprint density at radius 2 is 2.00 bits per heavy atom. The fraction of sp³-hybridized carbons (Fsp3) is 0.280. The van der Waals surface area contributed by atoms with Crippen LogP contribution in [0.25, 0.3) is 11.7 Å². The van der Waals surface area contributed by atoms with E-state index < -0.39 is 0 Å². The summed E-state index contributed by atoms with van der Waals surface area (Å²) in [6.45, 7) is 4.06. The molecule has 2 fully saturated rings. The van der Waals surface area contributed by atoms with Gasteiger partial charge in [-0.1, -0.05) is 49.1 Å². The third-order valence-corrected chi connectivity index (χ3v) is 7.49. The number of piperidine rings is 1. The quantitative estimate of drug-likeness (QED) is 0.394. The van der Waals surface area contributed by atoms with Crippen molar-refractivity contribution in [2.24, 2.45) is 5.92 Å². The highest BCUT2D eigenvalue weighted by Gasteiger charge is 2.33. The van der Waals surface area contributed by atoms with Crippen LogP contribution in [0.15, 0.2) is 58.4 Å². The Hall–Kier alpha value is -3.04. The number of anilines is 1. The molecule has 34 heavy (non-hydrogen) atoms. The third-order valence-electron chi connectivity index (χ3n) is 6.11. The maximum Gasteiger partial charge on any atom is 0.267 e. The summed E-state index contributed by atoms with van der Waals surface area (Å²) in [6.07, 6.45) is 5.48. The van der Waals surface area contributed by atoms with E-state index in [-0.39, 0.29) is 23.8 Å². The first kappa shape index (κ1) is 22.7. The third kappa shape index (κ3) is 4.37. The van der Waals surface area contributed by atoms with Crippen LogP contribution in [-0.2, 0) is 11.3 Å². The summed E-state index contributed by atoms with van der Waals surface area (Å²) >= 11 is 6.63. The van der Waals surface area contributed by atoms with Crippen LogP contribution < -0.4 is 10.5 Å². The molecule has 2 aromatic heterocycles. The molecule has 2 saturated heterocycles. The van der Waals surface area contributed by atoms with Gasteiger partial charge in [-0.15, -0.1) is 0 Å². The molecule has 0 bridgehead atoms. The van der Waals surface area contributed by atoms with Crippen LogP contribution in [0.4, 0.5) is 10.2 Å². The van der Waals surface area contributed by atoms with Gasteiger partial charge >= 0.3 is 0 Å². The minimum Gasteiger partial charge on any atom is -0.356 e. The predicted octanol–water partition coefficient (Wildman–Crippen LogP) is 4.47. The largest absolute Gasteiger partial charge is 0.356 e. The molecule has 0 N–H and O–H groups in total. The Labute approximate surface area is 206 Å². The lowest BCUT2D eigenvalue weighted by molar-refractivity contribution is -0.122. The Morgan fingerprint density at radius 1 is 1.21 bits per heavy atom. The maximum atomic E-state index is 13.5. The van der Waals surface area contributed by atoms with E-state index in [1.807, 2.05) is 12.1 Å². The second-order valence-corrected chi connectivity index (χ2v) is 10.3. The minimum absolute atomic E-state index is 0.220. The molecular formula is C25H23FN4O2S2. The number of halogens is 1. The average Bonchev–Trinajstić information content (AvgIpc) is 3.09. The van der Waals surface area contributed by atoms with Crippen molar-refractivity contribution in [3.05, 3.63) is 80.9 Å². The summed E-state index contributed by atoms with van der Waals surface area (Å²) in [5.74, 6) is 0.491. The van der Waals surface area contributed by atoms with Crippen molar-refractivity contribution in [3.8, 4) is 0 Å². The number of hydrogen-bond donors (Lipinski definition) is 0. The van der Waals surface area contributed by atoms with Gasteiger partial charge in [-0.25, -0.2) is 9.37 Å².